The van der Waals surface area contributed by atoms with Crippen LogP contribution in [0.3, 0.4) is 0 Å². The fraction of sp³-hybridized carbons (Fsp3) is 0.636. The first-order valence-electron chi connectivity index (χ1n) is 5.50. The van der Waals surface area contributed by atoms with Gasteiger partial charge in [0.1, 0.15) is 5.01 Å². The highest BCUT2D eigenvalue weighted by Crippen LogP contribution is 2.20. The lowest BCUT2D eigenvalue weighted by Gasteiger charge is -2.20. The van der Waals surface area contributed by atoms with E-state index < -0.39 is 11.6 Å². The topological polar surface area (TPSA) is 82.5 Å². The van der Waals surface area contributed by atoms with Crippen molar-refractivity contribution in [2.45, 2.75) is 38.8 Å². The number of aliphatic hydroxyl groups is 1. The van der Waals surface area contributed by atoms with Crippen molar-refractivity contribution in [3.8, 4) is 0 Å². The van der Waals surface area contributed by atoms with Crippen LogP contribution in [0.15, 0.2) is 6.20 Å². The number of aliphatic carboxylic acids is 1. The van der Waals surface area contributed by atoms with Gasteiger partial charge in [0.15, 0.2) is 5.60 Å². The molecule has 5 nitrogen and oxygen atoms in total. The molecule has 96 valence electrons. The highest BCUT2D eigenvalue weighted by atomic mass is 32.1. The van der Waals surface area contributed by atoms with Crippen molar-refractivity contribution in [3.63, 3.8) is 0 Å². The summed E-state index contributed by atoms with van der Waals surface area (Å²) in [5.41, 5.74) is -1.75. The van der Waals surface area contributed by atoms with E-state index >= 15 is 0 Å². The van der Waals surface area contributed by atoms with Gasteiger partial charge < -0.3 is 15.5 Å². The van der Waals surface area contributed by atoms with Gasteiger partial charge in [-0.05, 0) is 20.3 Å². The fourth-order valence-corrected chi connectivity index (χ4v) is 2.08. The van der Waals surface area contributed by atoms with Gasteiger partial charge in [0.25, 0.3) is 0 Å². The van der Waals surface area contributed by atoms with Gasteiger partial charge in [0.2, 0.25) is 0 Å². The molecule has 1 heterocycles. The van der Waals surface area contributed by atoms with Crippen LogP contribution in [-0.4, -0.2) is 33.3 Å². The molecule has 0 aliphatic rings. The number of carboxylic acids is 1. The molecule has 1 rings (SSSR count). The van der Waals surface area contributed by atoms with E-state index in [1.165, 1.54) is 11.8 Å². The van der Waals surface area contributed by atoms with E-state index in [2.05, 4.69) is 17.2 Å². The number of rotatable bonds is 6. The normalized spacial score (nSPS) is 16.5. The Morgan fingerprint density at radius 3 is 2.82 bits per heavy atom. The van der Waals surface area contributed by atoms with Crippen LogP contribution in [0, 0.1) is 0 Å². The number of nitrogens with one attached hydrogen (secondary N) is 1. The smallest absolute Gasteiger partial charge is 0.336 e. The second-order valence-electron chi connectivity index (χ2n) is 4.20. The van der Waals surface area contributed by atoms with Crippen molar-refractivity contribution in [1.82, 2.24) is 10.3 Å². The van der Waals surface area contributed by atoms with Gasteiger partial charge >= 0.3 is 5.97 Å². The SMILES string of the molecule is CCc1cnc(C(C)NCC(C)(O)C(=O)O)s1. The van der Waals surface area contributed by atoms with Gasteiger partial charge in [-0.1, -0.05) is 6.92 Å². The lowest BCUT2D eigenvalue weighted by Crippen LogP contribution is -2.45. The molecule has 2 unspecified atom stereocenters. The Morgan fingerprint density at radius 1 is 1.71 bits per heavy atom. The summed E-state index contributed by atoms with van der Waals surface area (Å²) < 4.78 is 0. The Labute approximate surface area is 105 Å². The standard InChI is InChI=1S/C11H18N2O3S/c1-4-8-5-12-9(17-8)7(2)13-6-11(3,16)10(14)15/h5,7,13,16H,4,6H2,1-3H3,(H,14,15). The molecule has 6 heteroatoms. The van der Waals surface area contributed by atoms with Crippen LogP contribution in [-0.2, 0) is 11.2 Å². The number of carboxylic acid groups (broad SMARTS) is 1. The minimum absolute atomic E-state index is 0.00939. The highest BCUT2D eigenvalue weighted by Gasteiger charge is 2.30. The predicted molar refractivity (Wildman–Crippen MR) is 66.2 cm³/mol. The summed E-state index contributed by atoms with van der Waals surface area (Å²) in [6, 6.07) is -0.0638. The maximum atomic E-state index is 10.7. The first kappa shape index (κ1) is 14.1. The average Bonchev–Trinajstić information content (AvgIpc) is 2.74. The molecule has 0 amide bonds. The maximum Gasteiger partial charge on any atom is 0.336 e. The number of thiazole rings is 1. The lowest BCUT2D eigenvalue weighted by atomic mass is 10.1. The number of hydrogen-bond acceptors (Lipinski definition) is 5. The quantitative estimate of drug-likeness (QED) is 0.714. The monoisotopic (exact) mass is 258 g/mol. The van der Waals surface area contributed by atoms with E-state index in [0.29, 0.717) is 0 Å². The van der Waals surface area contributed by atoms with Crippen molar-refractivity contribution < 1.29 is 15.0 Å². The van der Waals surface area contributed by atoms with E-state index in [-0.39, 0.29) is 12.6 Å². The number of aryl methyl sites for hydroxylation is 1. The molecule has 0 radical (unpaired) electrons. The molecule has 2 atom stereocenters. The number of nitrogens with zero attached hydrogens (tertiary/aromatic N) is 1. The molecular formula is C11H18N2O3S. The number of carbonyl (C=O) groups is 1. The molecule has 0 aliphatic heterocycles. The van der Waals surface area contributed by atoms with Crippen LogP contribution >= 0.6 is 11.3 Å². The van der Waals surface area contributed by atoms with Crippen molar-refractivity contribution in [1.29, 1.82) is 0 Å². The zero-order chi connectivity index (χ0) is 13.1. The third-order valence-corrected chi connectivity index (χ3v) is 3.83. The Bertz CT molecular complexity index is 390. The molecule has 0 bridgehead atoms. The van der Waals surface area contributed by atoms with Crippen molar-refractivity contribution >= 4 is 17.3 Å². The zero-order valence-electron chi connectivity index (χ0n) is 10.2. The summed E-state index contributed by atoms with van der Waals surface area (Å²) in [6.45, 7) is 5.22. The van der Waals surface area contributed by atoms with Crippen LogP contribution < -0.4 is 5.32 Å². The number of hydrogen-bond donors (Lipinski definition) is 3. The molecule has 0 saturated heterocycles. The summed E-state index contributed by atoms with van der Waals surface area (Å²) in [5.74, 6) is -1.23. The van der Waals surface area contributed by atoms with E-state index in [1.54, 1.807) is 11.3 Å². The largest absolute Gasteiger partial charge is 0.479 e. The lowest BCUT2D eigenvalue weighted by molar-refractivity contribution is -0.156. The molecule has 3 N–H and O–H groups in total. The van der Waals surface area contributed by atoms with Gasteiger partial charge in [-0.3, -0.25) is 0 Å². The van der Waals surface area contributed by atoms with Crippen LogP contribution in [0.4, 0.5) is 0 Å². The number of aromatic nitrogens is 1. The fourth-order valence-electron chi connectivity index (χ4n) is 1.20. The summed E-state index contributed by atoms with van der Waals surface area (Å²) in [6.07, 6.45) is 2.77. The Kier molecular flexibility index (Phi) is 4.62. The summed E-state index contributed by atoms with van der Waals surface area (Å²) in [4.78, 5) is 16.2. The Balaban J connectivity index is 2.55. The first-order chi connectivity index (χ1) is 7.86. The molecule has 0 aromatic carbocycles. The second kappa shape index (κ2) is 5.57. The Morgan fingerprint density at radius 2 is 2.35 bits per heavy atom. The summed E-state index contributed by atoms with van der Waals surface area (Å²) >= 11 is 1.60. The van der Waals surface area contributed by atoms with E-state index in [0.717, 1.165) is 11.4 Å². The third kappa shape index (κ3) is 3.76. The van der Waals surface area contributed by atoms with E-state index in [1.807, 2.05) is 13.1 Å². The summed E-state index contributed by atoms with van der Waals surface area (Å²) in [7, 11) is 0. The Hall–Kier alpha value is -0.980. The van der Waals surface area contributed by atoms with Crippen LogP contribution in [0.5, 0.6) is 0 Å². The van der Waals surface area contributed by atoms with Crippen molar-refractivity contribution in [2.24, 2.45) is 0 Å². The van der Waals surface area contributed by atoms with E-state index in [4.69, 9.17) is 5.11 Å². The molecule has 0 saturated carbocycles. The molecular weight excluding hydrogens is 240 g/mol. The zero-order valence-corrected chi connectivity index (χ0v) is 11.0. The molecule has 1 aromatic heterocycles. The second-order valence-corrected chi connectivity index (χ2v) is 5.35. The maximum absolute atomic E-state index is 10.7. The van der Waals surface area contributed by atoms with Gasteiger partial charge in [0, 0.05) is 17.6 Å². The third-order valence-electron chi connectivity index (χ3n) is 2.50. The van der Waals surface area contributed by atoms with Crippen molar-refractivity contribution in [3.05, 3.63) is 16.1 Å². The van der Waals surface area contributed by atoms with E-state index in [9.17, 15) is 9.90 Å². The minimum atomic E-state index is -1.75. The molecule has 1 aromatic rings. The van der Waals surface area contributed by atoms with Crippen LogP contribution in [0.1, 0.15) is 36.7 Å². The van der Waals surface area contributed by atoms with Gasteiger partial charge in [0.05, 0.1) is 6.04 Å². The van der Waals surface area contributed by atoms with Gasteiger partial charge in [-0.25, -0.2) is 9.78 Å². The molecule has 0 fully saturated rings. The molecule has 0 spiro atoms. The molecule has 17 heavy (non-hydrogen) atoms. The predicted octanol–water partition coefficient (Wildman–Crippen LogP) is 1.19. The first-order valence-corrected chi connectivity index (χ1v) is 6.32. The summed E-state index contributed by atoms with van der Waals surface area (Å²) in [5, 5.41) is 22.2. The minimum Gasteiger partial charge on any atom is -0.479 e. The van der Waals surface area contributed by atoms with Crippen LogP contribution in [0.25, 0.3) is 0 Å². The van der Waals surface area contributed by atoms with Gasteiger partial charge in [-0.2, -0.15) is 0 Å². The van der Waals surface area contributed by atoms with Crippen molar-refractivity contribution in [2.75, 3.05) is 6.54 Å². The highest BCUT2D eigenvalue weighted by molar-refractivity contribution is 7.11. The molecule has 0 aliphatic carbocycles. The van der Waals surface area contributed by atoms with Gasteiger partial charge in [-0.15, -0.1) is 11.3 Å². The average molecular weight is 258 g/mol. The van der Waals surface area contributed by atoms with Crippen LogP contribution in [0.2, 0.25) is 0 Å².